The van der Waals surface area contributed by atoms with E-state index >= 15 is 0 Å². The Morgan fingerprint density at radius 1 is 1.67 bits per heavy atom. The van der Waals surface area contributed by atoms with Gasteiger partial charge in [0.1, 0.15) is 0 Å². The van der Waals surface area contributed by atoms with Gasteiger partial charge in [0, 0.05) is 10.9 Å². The molecular weight excluding hydrogens is 254 g/mol. The van der Waals surface area contributed by atoms with E-state index in [4.69, 9.17) is 4.52 Å². The number of nitrogens with zero attached hydrogens (tertiary/aromatic N) is 2. The van der Waals surface area contributed by atoms with Gasteiger partial charge in [0.15, 0.2) is 0 Å². The number of rotatable bonds is 6. The second-order valence-corrected chi connectivity index (χ2v) is 4.32. The molecule has 94 valence electrons. The predicted octanol–water partition coefficient (Wildman–Crippen LogP) is 1.51. The number of ketones is 1. The molecule has 0 radical (unpaired) electrons. The van der Waals surface area contributed by atoms with Crippen molar-refractivity contribution >= 4 is 23.5 Å². The van der Waals surface area contributed by atoms with Crippen LogP contribution in [0.15, 0.2) is 21.3 Å². The van der Waals surface area contributed by atoms with Crippen LogP contribution in [0.1, 0.15) is 24.0 Å². The lowest BCUT2D eigenvalue weighted by molar-refractivity contribution is -0.110. The third-order valence-corrected chi connectivity index (χ3v) is 3.09. The van der Waals surface area contributed by atoms with Crippen LogP contribution in [0.5, 0.6) is 0 Å². The van der Waals surface area contributed by atoms with Gasteiger partial charge in [-0.15, -0.1) is 0 Å². The number of nitrogens with one attached hydrogen (secondary N) is 1. The van der Waals surface area contributed by atoms with Gasteiger partial charge in [-0.05, 0) is 17.9 Å². The highest BCUT2D eigenvalue weighted by Gasteiger charge is 2.23. The first-order valence-electron chi connectivity index (χ1n) is 5.36. The molecule has 1 N–H and O–H groups in total. The number of hydrogen-bond donors (Lipinski definition) is 1. The summed E-state index contributed by atoms with van der Waals surface area (Å²) in [6.45, 7) is 1.79. The lowest BCUT2D eigenvalue weighted by Gasteiger charge is -2.08. The van der Waals surface area contributed by atoms with Crippen LogP contribution >= 0.6 is 11.3 Å². The average molecular weight is 265 g/mol. The zero-order chi connectivity index (χ0) is 13.0. The summed E-state index contributed by atoms with van der Waals surface area (Å²) >= 11 is 1.51. The Balaban J connectivity index is 2.19. The molecule has 0 spiro atoms. The van der Waals surface area contributed by atoms with E-state index in [1.54, 1.807) is 6.92 Å². The normalized spacial score (nSPS) is 12.1. The van der Waals surface area contributed by atoms with E-state index in [-0.39, 0.29) is 11.7 Å². The minimum atomic E-state index is -0.627. The fourth-order valence-corrected chi connectivity index (χ4v) is 2.08. The summed E-state index contributed by atoms with van der Waals surface area (Å²) in [5.41, 5.74) is 0.805. The molecule has 2 aromatic heterocycles. The first-order valence-corrected chi connectivity index (χ1v) is 6.30. The van der Waals surface area contributed by atoms with E-state index in [0.29, 0.717) is 18.7 Å². The van der Waals surface area contributed by atoms with Crippen LogP contribution in [0.4, 0.5) is 0 Å². The molecule has 0 saturated carbocycles. The number of carbonyl (C=O) groups is 2. The van der Waals surface area contributed by atoms with Crippen LogP contribution in [0, 0.1) is 0 Å². The molecule has 1 unspecified atom stereocenters. The van der Waals surface area contributed by atoms with Gasteiger partial charge >= 0.3 is 0 Å². The van der Waals surface area contributed by atoms with Gasteiger partial charge in [-0.3, -0.25) is 9.59 Å². The topological polar surface area (TPSA) is 85.1 Å². The van der Waals surface area contributed by atoms with Crippen LogP contribution in [0.25, 0.3) is 11.4 Å². The Morgan fingerprint density at radius 3 is 3.11 bits per heavy atom. The molecule has 0 fully saturated rings. The summed E-state index contributed by atoms with van der Waals surface area (Å²) in [6.07, 6.45) is 0.954. The largest absolute Gasteiger partial charge is 0.348 e. The van der Waals surface area contributed by atoms with Gasteiger partial charge in [0.05, 0.1) is 6.04 Å². The lowest BCUT2D eigenvalue weighted by atomic mass is 10.1. The van der Waals surface area contributed by atoms with E-state index in [0.717, 1.165) is 5.56 Å². The fraction of sp³-hybridized carbons (Fsp3) is 0.273. The maximum Gasteiger partial charge on any atom is 0.296 e. The highest BCUT2D eigenvalue weighted by Crippen LogP contribution is 2.19. The highest BCUT2D eigenvalue weighted by atomic mass is 32.1. The third-order valence-electron chi connectivity index (χ3n) is 2.41. The SMILES string of the molecule is CCC(NC=O)C(=O)c1nc(-c2ccsc2)no1. The number of carbonyl (C=O) groups excluding carboxylic acids is 2. The second-order valence-electron chi connectivity index (χ2n) is 3.54. The zero-order valence-corrected chi connectivity index (χ0v) is 10.4. The monoisotopic (exact) mass is 265 g/mol. The number of amides is 1. The molecule has 2 heterocycles. The molecule has 0 bridgehead atoms. The van der Waals surface area contributed by atoms with Crippen molar-refractivity contribution in [3.63, 3.8) is 0 Å². The van der Waals surface area contributed by atoms with Crippen LogP contribution in [-0.2, 0) is 4.79 Å². The van der Waals surface area contributed by atoms with Gasteiger partial charge in [0.2, 0.25) is 18.0 Å². The van der Waals surface area contributed by atoms with Crippen LogP contribution in [-0.4, -0.2) is 28.4 Å². The van der Waals surface area contributed by atoms with Gasteiger partial charge in [-0.2, -0.15) is 16.3 Å². The molecule has 0 aliphatic rings. The van der Waals surface area contributed by atoms with Gasteiger partial charge in [-0.25, -0.2) is 0 Å². The van der Waals surface area contributed by atoms with E-state index in [1.165, 1.54) is 11.3 Å². The predicted molar refractivity (Wildman–Crippen MR) is 65.2 cm³/mol. The Hall–Kier alpha value is -2.02. The van der Waals surface area contributed by atoms with E-state index in [2.05, 4.69) is 15.5 Å². The van der Waals surface area contributed by atoms with Crippen molar-refractivity contribution in [3.8, 4) is 11.4 Å². The van der Waals surface area contributed by atoms with Crippen molar-refractivity contribution in [3.05, 3.63) is 22.7 Å². The number of hydrogen-bond acceptors (Lipinski definition) is 6. The molecule has 1 amide bonds. The summed E-state index contributed by atoms with van der Waals surface area (Å²) in [5.74, 6) is -0.0865. The molecule has 0 aliphatic carbocycles. The molecule has 2 rings (SSSR count). The van der Waals surface area contributed by atoms with Crippen molar-refractivity contribution in [1.82, 2.24) is 15.5 Å². The van der Waals surface area contributed by atoms with Crippen molar-refractivity contribution in [1.29, 1.82) is 0 Å². The van der Waals surface area contributed by atoms with Crippen molar-refractivity contribution in [2.75, 3.05) is 0 Å². The molecular formula is C11H11N3O3S. The van der Waals surface area contributed by atoms with Gasteiger partial charge < -0.3 is 9.84 Å². The Kier molecular flexibility index (Phi) is 3.83. The standard InChI is InChI=1S/C11H11N3O3S/c1-2-8(12-6-15)9(16)11-13-10(14-17-11)7-3-4-18-5-7/h3-6,8H,2H2,1H3,(H,12,15). The van der Waals surface area contributed by atoms with E-state index < -0.39 is 6.04 Å². The molecule has 0 saturated heterocycles. The minimum absolute atomic E-state index is 0.0857. The fourth-order valence-electron chi connectivity index (χ4n) is 1.44. The lowest BCUT2D eigenvalue weighted by Crippen LogP contribution is -2.35. The first-order chi connectivity index (χ1) is 8.76. The maximum absolute atomic E-state index is 11.9. The zero-order valence-electron chi connectivity index (χ0n) is 9.62. The van der Waals surface area contributed by atoms with E-state index in [1.807, 2.05) is 16.8 Å². The maximum atomic E-state index is 11.9. The summed E-state index contributed by atoms with van der Waals surface area (Å²) < 4.78 is 4.92. The average Bonchev–Trinajstić information content (AvgIpc) is 3.04. The molecule has 2 aromatic rings. The highest BCUT2D eigenvalue weighted by molar-refractivity contribution is 7.08. The van der Waals surface area contributed by atoms with Crippen LogP contribution in [0.2, 0.25) is 0 Å². The molecule has 1 atom stereocenters. The van der Waals surface area contributed by atoms with E-state index in [9.17, 15) is 9.59 Å². The quantitative estimate of drug-likeness (QED) is 0.632. The Morgan fingerprint density at radius 2 is 2.50 bits per heavy atom. The number of aromatic nitrogens is 2. The number of thiophene rings is 1. The minimum Gasteiger partial charge on any atom is -0.348 e. The molecule has 0 aromatic carbocycles. The Bertz CT molecular complexity index is 535. The van der Waals surface area contributed by atoms with Crippen LogP contribution in [0.3, 0.4) is 0 Å². The molecule has 7 heteroatoms. The van der Waals surface area contributed by atoms with Gasteiger partial charge in [0.25, 0.3) is 5.89 Å². The summed E-state index contributed by atoms with van der Waals surface area (Å²) in [5, 5.41) is 9.91. The summed E-state index contributed by atoms with van der Waals surface area (Å²) in [4.78, 5) is 26.3. The van der Waals surface area contributed by atoms with Gasteiger partial charge in [-0.1, -0.05) is 12.1 Å². The second kappa shape index (κ2) is 5.54. The third kappa shape index (κ3) is 2.45. The van der Waals surface area contributed by atoms with Crippen molar-refractivity contribution < 1.29 is 14.1 Å². The molecule has 0 aliphatic heterocycles. The summed E-state index contributed by atoms with van der Waals surface area (Å²) in [7, 11) is 0. The summed E-state index contributed by atoms with van der Waals surface area (Å²) in [6, 6.07) is 1.21. The van der Waals surface area contributed by atoms with Crippen molar-refractivity contribution in [2.24, 2.45) is 0 Å². The molecule has 18 heavy (non-hydrogen) atoms. The smallest absolute Gasteiger partial charge is 0.296 e. The Labute approximate surface area is 107 Å². The molecule has 6 nitrogen and oxygen atoms in total. The van der Waals surface area contributed by atoms with Crippen LogP contribution < -0.4 is 5.32 Å². The number of Topliss-reactive ketones (excluding diaryl/α,β-unsaturated/α-hetero) is 1. The van der Waals surface area contributed by atoms with Crippen molar-refractivity contribution in [2.45, 2.75) is 19.4 Å². The first kappa shape index (κ1) is 12.4.